The van der Waals surface area contributed by atoms with Gasteiger partial charge in [-0.15, -0.1) is 0 Å². The van der Waals surface area contributed by atoms with E-state index in [2.05, 4.69) is 102 Å². The van der Waals surface area contributed by atoms with Crippen LogP contribution in [0.15, 0.2) is 121 Å². The third-order valence-corrected chi connectivity index (χ3v) is 10.8. The Kier molecular flexibility index (Phi) is 8.80. The fraction of sp³-hybridized carbons (Fsp3) is 0.250. The molecule has 6 nitrogen and oxygen atoms in total. The van der Waals surface area contributed by atoms with Crippen LogP contribution >= 0.6 is 0 Å². The summed E-state index contributed by atoms with van der Waals surface area (Å²) in [7, 11) is 0. The van der Waals surface area contributed by atoms with E-state index >= 15 is 0 Å². The molecular formula is C48H46N4O2. The number of carbonyl (C=O) groups is 2. The molecule has 2 heterocycles. The highest BCUT2D eigenvalue weighted by molar-refractivity contribution is 6.40. The Bertz CT molecular complexity index is 2350. The molecule has 0 fully saturated rings. The number of hydrogen-bond donors (Lipinski definition) is 0. The summed E-state index contributed by atoms with van der Waals surface area (Å²) in [5.41, 5.74) is 9.43. The summed E-state index contributed by atoms with van der Waals surface area (Å²) < 4.78 is 0. The number of ketones is 2. The number of anilines is 4. The Morgan fingerprint density at radius 2 is 0.852 bits per heavy atom. The first-order valence-corrected chi connectivity index (χ1v) is 19.1. The second-order valence-corrected chi connectivity index (χ2v) is 15.7. The fourth-order valence-electron chi connectivity index (χ4n) is 8.05. The van der Waals surface area contributed by atoms with E-state index in [1.165, 1.54) is 22.3 Å². The van der Waals surface area contributed by atoms with Crippen molar-refractivity contribution in [1.29, 1.82) is 0 Å². The van der Waals surface area contributed by atoms with Crippen LogP contribution in [0.5, 0.6) is 0 Å². The molecule has 1 aliphatic carbocycles. The van der Waals surface area contributed by atoms with Crippen molar-refractivity contribution in [2.24, 2.45) is 0 Å². The minimum atomic E-state index is -0.260. The van der Waals surface area contributed by atoms with E-state index in [0.29, 0.717) is 22.8 Å². The maximum Gasteiger partial charge on any atom is 0.197 e. The van der Waals surface area contributed by atoms with Crippen LogP contribution in [0, 0.1) is 0 Å². The molecule has 0 atom stereocenters. The molecule has 0 N–H and O–H groups in total. The maximum absolute atomic E-state index is 14.1. The molecule has 0 saturated carbocycles. The van der Waals surface area contributed by atoms with E-state index < -0.39 is 0 Å². The van der Waals surface area contributed by atoms with Gasteiger partial charge in [0.05, 0.1) is 28.0 Å². The molecule has 270 valence electrons. The Morgan fingerprint density at radius 3 is 1.22 bits per heavy atom. The lowest BCUT2D eigenvalue weighted by molar-refractivity contribution is 0.0988. The second kappa shape index (κ2) is 13.5. The SMILES string of the molecule is CC(C)c1cccc(C(C)C)c1N1C(=CC=C2C(=O)c3cc4ccccc4cc3C2=O)N(c2c(C(C)C)cccc2C(C)C)c2nc3ccccc3nc21. The van der Waals surface area contributed by atoms with Crippen LogP contribution in [0.1, 0.15) is 122 Å². The van der Waals surface area contributed by atoms with Gasteiger partial charge in [-0.3, -0.25) is 19.4 Å². The molecule has 0 unspecified atom stereocenters. The minimum Gasteiger partial charge on any atom is -0.288 e. The van der Waals surface area contributed by atoms with Crippen LogP contribution < -0.4 is 9.80 Å². The van der Waals surface area contributed by atoms with Gasteiger partial charge in [-0.2, -0.15) is 0 Å². The molecule has 54 heavy (non-hydrogen) atoms. The van der Waals surface area contributed by atoms with Crippen molar-refractivity contribution in [3.63, 3.8) is 0 Å². The summed E-state index contributed by atoms with van der Waals surface area (Å²) in [5, 5.41) is 1.87. The summed E-state index contributed by atoms with van der Waals surface area (Å²) in [4.78, 5) is 43.5. The zero-order valence-electron chi connectivity index (χ0n) is 32.3. The topological polar surface area (TPSA) is 66.4 Å². The highest BCUT2D eigenvalue weighted by Gasteiger charge is 2.41. The molecule has 5 aromatic carbocycles. The van der Waals surface area contributed by atoms with Crippen molar-refractivity contribution in [2.75, 3.05) is 9.80 Å². The van der Waals surface area contributed by atoms with Crippen LogP contribution in [0.2, 0.25) is 0 Å². The first-order valence-electron chi connectivity index (χ1n) is 19.1. The highest BCUT2D eigenvalue weighted by Crippen LogP contribution is 2.54. The molecule has 1 aromatic heterocycles. The standard InChI is InChI=1S/C48H46N4O2/c1-27(2)33-17-13-18-34(28(3)4)43(33)51-42(24-23-37-45(53)38-25-31-15-9-10-16-32(31)26-39(38)46(37)54)52(44-35(29(5)6)19-14-20-36(44)30(7)8)48-47(51)49-40-21-11-12-22-41(40)50-48/h9-30H,1-8H3. The van der Waals surface area contributed by atoms with E-state index in [4.69, 9.17) is 9.97 Å². The first kappa shape index (κ1) is 35.2. The molecule has 0 radical (unpaired) electrons. The van der Waals surface area contributed by atoms with Crippen molar-refractivity contribution in [1.82, 2.24) is 9.97 Å². The Balaban J connectivity index is 1.47. The first-order chi connectivity index (χ1) is 26.0. The zero-order chi connectivity index (χ0) is 38.0. The van der Waals surface area contributed by atoms with Crippen molar-refractivity contribution in [3.05, 3.63) is 154 Å². The molecule has 6 aromatic rings. The van der Waals surface area contributed by atoms with E-state index in [-0.39, 0.29) is 40.8 Å². The third kappa shape index (κ3) is 5.63. The molecule has 1 aliphatic heterocycles. The van der Waals surface area contributed by atoms with Crippen molar-refractivity contribution in [3.8, 4) is 0 Å². The molecule has 0 spiro atoms. The van der Waals surface area contributed by atoms with Gasteiger partial charge >= 0.3 is 0 Å². The quantitative estimate of drug-likeness (QED) is 0.121. The molecule has 0 amide bonds. The number of rotatable bonds is 7. The highest BCUT2D eigenvalue weighted by atomic mass is 16.2. The third-order valence-electron chi connectivity index (χ3n) is 10.8. The zero-order valence-corrected chi connectivity index (χ0v) is 32.3. The van der Waals surface area contributed by atoms with Gasteiger partial charge in [0.25, 0.3) is 0 Å². The summed E-state index contributed by atoms with van der Waals surface area (Å²) >= 11 is 0. The number of hydrogen-bond acceptors (Lipinski definition) is 6. The summed E-state index contributed by atoms with van der Waals surface area (Å²) in [6.07, 6.45) is 3.68. The van der Waals surface area contributed by atoms with Gasteiger partial charge in [-0.05, 0) is 93.1 Å². The number of fused-ring (bicyclic) bond motifs is 4. The van der Waals surface area contributed by atoms with Crippen LogP contribution in [0.4, 0.5) is 23.0 Å². The largest absolute Gasteiger partial charge is 0.288 e. The predicted molar refractivity (Wildman–Crippen MR) is 222 cm³/mol. The Hall–Kier alpha value is -5.88. The number of aromatic nitrogens is 2. The molecule has 0 saturated heterocycles. The smallest absolute Gasteiger partial charge is 0.197 e. The van der Waals surface area contributed by atoms with E-state index in [0.717, 1.165) is 39.0 Å². The molecule has 8 rings (SSSR count). The predicted octanol–water partition coefficient (Wildman–Crippen LogP) is 12.4. The number of carbonyl (C=O) groups excluding carboxylic acids is 2. The van der Waals surface area contributed by atoms with Gasteiger partial charge < -0.3 is 0 Å². The van der Waals surface area contributed by atoms with Crippen molar-refractivity contribution in [2.45, 2.75) is 79.1 Å². The molecule has 0 bridgehead atoms. The summed E-state index contributed by atoms with van der Waals surface area (Å²) in [5.74, 6) is 2.44. The number of allylic oxidation sites excluding steroid dienone is 3. The minimum absolute atomic E-state index is 0.150. The lowest BCUT2D eigenvalue weighted by Crippen LogP contribution is -2.26. The summed E-state index contributed by atoms with van der Waals surface area (Å²) in [6, 6.07) is 32.6. The van der Waals surface area contributed by atoms with Crippen LogP contribution in [-0.2, 0) is 0 Å². The lowest BCUT2D eigenvalue weighted by atomic mass is 9.91. The van der Waals surface area contributed by atoms with Crippen LogP contribution in [0.25, 0.3) is 21.8 Å². The van der Waals surface area contributed by atoms with Crippen molar-refractivity contribution < 1.29 is 9.59 Å². The molecule has 2 aliphatic rings. The summed E-state index contributed by atoms with van der Waals surface area (Å²) in [6.45, 7) is 17.8. The normalized spacial score (nSPS) is 14.1. The van der Waals surface area contributed by atoms with Crippen molar-refractivity contribution >= 4 is 56.4 Å². The maximum atomic E-state index is 14.1. The number of Topliss-reactive ketones (excluding diaryl/α,β-unsaturated/α-hetero) is 2. The molecule has 6 heteroatoms. The Morgan fingerprint density at radius 1 is 0.481 bits per heavy atom. The lowest BCUT2D eigenvalue weighted by Gasteiger charge is -2.32. The average molecular weight is 711 g/mol. The van der Waals surface area contributed by atoms with E-state index in [9.17, 15) is 9.59 Å². The fourth-order valence-corrected chi connectivity index (χ4v) is 8.05. The monoisotopic (exact) mass is 710 g/mol. The van der Waals surface area contributed by atoms with Crippen LogP contribution in [-0.4, -0.2) is 21.5 Å². The second-order valence-electron chi connectivity index (χ2n) is 15.7. The van der Waals surface area contributed by atoms with E-state index in [1.807, 2.05) is 66.7 Å². The van der Waals surface area contributed by atoms with Gasteiger partial charge in [0, 0.05) is 11.1 Å². The van der Waals surface area contributed by atoms with E-state index in [1.54, 1.807) is 6.08 Å². The van der Waals surface area contributed by atoms with Gasteiger partial charge in [0.15, 0.2) is 23.2 Å². The van der Waals surface area contributed by atoms with Gasteiger partial charge in [0.2, 0.25) is 0 Å². The number of nitrogens with zero attached hydrogens (tertiary/aromatic N) is 4. The number of para-hydroxylation sites is 4. The van der Waals surface area contributed by atoms with Gasteiger partial charge in [0.1, 0.15) is 5.82 Å². The number of benzene rings is 5. The average Bonchev–Trinajstić information content (AvgIpc) is 3.59. The Labute approximate surface area is 317 Å². The van der Waals surface area contributed by atoms with Gasteiger partial charge in [-0.1, -0.05) is 128 Å². The van der Waals surface area contributed by atoms with Crippen LogP contribution in [0.3, 0.4) is 0 Å². The molecular weight excluding hydrogens is 665 g/mol. The van der Waals surface area contributed by atoms with Gasteiger partial charge in [-0.25, -0.2) is 9.97 Å².